The molecule has 1 heterocycles. The SMILES string of the molecule is C=CCCCCCN(C)C(=NC)NCCCn1cc(C)cn1. The number of hydrogen-bond donors (Lipinski definition) is 1. The summed E-state index contributed by atoms with van der Waals surface area (Å²) in [6.07, 6.45) is 11.8. The molecule has 0 radical (unpaired) electrons. The Morgan fingerprint density at radius 3 is 2.86 bits per heavy atom. The Bertz CT molecular complexity index is 450. The van der Waals surface area contributed by atoms with Crippen molar-refractivity contribution in [3.05, 3.63) is 30.6 Å². The van der Waals surface area contributed by atoms with Crippen LogP contribution in [0, 0.1) is 6.92 Å². The van der Waals surface area contributed by atoms with Crippen molar-refractivity contribution in [2.75, 3.05) is 27.2 Å². The molecule has 0 amide bonds. The number of nitrogens with zero attached hydrogens (tertiary/aromatic N) is 4. The zero-order valence-electron chi connectivity index (χ0n) is 14.4. The minimum absolute atomic E-state index is 0.909. The van der Waals surface area contributed by atoms with Crippen molar-refractivity contribution < 1.29 is 0 Å². The first-order valence-electron chi connectivity index (χ1n) is 8.19. The fourth-order valence-corrected chi connectivity index (χ4v) is 2.34. The molecule has 0 bridgehead atoms. The number of aliphatic imine (C=N–C) groups is 1. The molecule has 5 nitrogen and oxygen atoms in total. The summed E-state index contributed by atoms with van der Waals surface area (Å²) in [5, 5.41) is 7.71. The zero-order valence-corrected chi connectivity index (χ0v) is 14.4. The van der Waals surface area contributed by atoms with Gasteiger partial charge in [-0.2, -0.15) is 5.10 Å². The van der Waals surface area contributed by atoms with Crippen LogP contribution in [0.5, 0.6) is 0 Å². The predicted octanol–water partition coefficient (Wildman–Crippen LogP) is 2.84. The molecule has 1 rings (SSSR count). The summed E-state index contributed by atoms with van der Waals surface area (Å²) in [6, 6.07) is 0. The minimum atomic E-state index is 0.909. The Morgan fingerprint density at radius 2 is 2.23 bits per heavy atom. The van der Waals surface area contributed by atoms with Crippen LogP contribution in [0.2, 0.25) is 0 Å². The van der Waals surface area contributed by atoms with Gasteiger partial charge in [0.2, 0.25) is 0 Å². The van der Waals surface area contributed by atoms with Crippen molar-refractivity contribution >= 4 is 5.96 Å². The summed E-state index contributed by atoms with van der Waals surface area (Å²) in [6.45, 7) is 8.70. The van der Waals surface area contributed by atoms with Crippen LogP contribution in [0.3, 0.4) is 0 Å². The molecule has 124 valence electrons. The van der Waals surface area contributed by atoms with Gasteiger partial charge in [0.1, 0.15) is 0 Å². The van der Waals surface area contributed by atoms with E-state index in [-0.39, 0.29) is 0 Å². The van der Waals surface area contributed by atoms with E-state index in [1.807, 2.05) is 24.0 Å². The van der Waals surface area contributed by atoms with Crippen LogP contribution in [0.1, 0.15) is 37.7 Å². The monoisotopic (exact) mass is 305 g/mol. The molecule has 1 aromatic rings. The predicted molar refractivity (Wildman–Crippen MR) is 94.2 cm³/mol. The van der Waals surface area contributed by atoms with Gasteiger partial charge in [-0.1, -0.05) is 12.5 Å². The van der Waals surface area contributed by atoms with Gasteiger partial charge in [0.25, 0.3) is 0 Å². The van der Waals surface area contributed by atoms with Gasteiger partial charge < -0.3 is 10.2 Å². The van der Waals surface area contributed by atoms with Crippen LogP contribution in [-0.2, 0) is 6.54 Å². The first-order valence-corrected chi connectivity index (χ1v) is 8.19. The van der Waals surface area contributed by atoms with Gasteiger partial charge >= 0.3 is 0 Å². The maximum Gasteiger partial charge on any atom is 0.193 e. The molecule has 0 unspecified atom stereocenters. The summed E-state index contributed by atoms with van der Waals surface area (Å²) in [5.41, 5.74) is 1.21. The average molecular weight is 305 g/mol. The lowest BCUT2D eigenvalue weighted by Gasteiger charge is -2.22. The molecule has 1 N–H and O–H groups in total. The van der Waals surface area contributed by atoms with Gasteiger partial charge in [0.05, 0.1) is 6.20 Å². The highest BCUT2D eigenvalue weighted by Gasteiger charge is 2.04. The molecular formula is C17H31N5. The Hall–Kier alpha value is -1.78. The fraction of sp³-hybridized carbons (Fsp3) is 0.647. The molecule has 0 aliphatic carbocycles. The second-order valence-electron chi connectivity index (χ2n) is 5.67. The van der Waals surface area contributed by atoms with E-state index in [0.717, 1.165) is 38.4 Å². The van der Waals surface area contributed by atoms with Gasteiger partial charge in [0.15, 0.2) is 5.96 Å². The van der Waals surface area contributed by atoms with Gasteiger partial charge in [-0.25, -0.2) is 0 Å². The van der Waals surface area contributed by atoms with Crippen molar-refractivity contribution in [2.45, 2.75) is 45.6 Å². The van der Waals surface area contributed by atoms with Crippen molar-refractivity contribution in [1.82, 2.24) is 20.0 Å². The Labute approximate surface area is 135 Å². The fourth-order valence-electron chi connectivity index (χ4n) is 2.34. The first-order chi connectivity index (χ1) is 10.7. The quantitative estimate of drug-likeness (QED) is 0.313. The molecule has 0 aliphatic rings. The highest BCUT2D eigenvalue weighted by atomic mass is 15.3. The lowest BCUT2D eigenvalue weighted by Crippen LogP contribution is -2.40. The van der Waals surface area contributed by atoms with Crippen molar-refractivity contribution in [3.8, 4) is 0 Å². The van der Waals surface area contributed by atoms with Gasteiger partial charge in [-0.15, -0.1) is 6.58 Å². The summed E-state index contributed by atoms with van der Waals surface area (Å²) < 4.78 is 1.99. The largest absolute Gasteiger partial charge is 0.356 e. The summed E-state index contributed by atoms with van der Waals surface area (Å²) >= 11 is 0. The standard InChI is InChI=1S/C17H31N5/c1-5-6-7-8-9-12-21(4)17(18-3)19-11-10-13-22-15-16(2)14-20-22/h5,14-15H,1,6-13H2,2-4H3,(H,18,19). The van der Waals surface area contributed by atoms with Crippen LogP contribution >= 0.6 is 0 Å². The number of guanidine groups is 1. The van der Waals surface area contributed by atoms with Crippen LogP contribution in [-0.4, -0.2) is 47.8 Å². The van der Waals surface area contributed by atoms with Gasteiger partial charge in [0, 0.05) is 39.9 Å². The second-order valence-corrected chi connectivity index (χ2v) is 5.67. The van der Waals surface area contributed by atoms with E-state index in [0.29, 0.717) is 0 Å². The molecule has 0 spiro atoms. The van der Waals surface area contributed by atoms with E-state index >= 15 is 0 Å². The van der Waals surface area contributed by atoms with E-state index in [2.05, 4.69) is 47.1 Å². The molecule has 0 aliphatic heterocycles. The number of nitrogens with one attached hydrogen (secondary N) is 1. The van der Waals surface area contributed by atoms with Crippen LogP contribution < -0.4 is 5.32 Å². The Balaban J connectivity index is 2.16. The van der Waals surface area contributed by atoms with E-state index in [1.165, 1.54) is 24.8 Å². The molecule has 0 fully saturated rings. The van der Waals surface area contributed by atoms with Crippen molar-refractivity contribution in [2.24, 2.45) is 4.99 Å². The van der Waals surface area contributed by atoms with E-state index in [1.54, 1.807) is 0 Å². The highest BCUT2D eigenvalue weighted by molar-refractivity contribution is 5.79. The number of aryl methyl sites for hydroxylation is 2. The van der Waals surface area contributed by atoms with Crippen molar-refractivity contribution in [3.63, 3.8) is 0 Å². The summed E-state index contributed by atoms with van der Waals surface area (Å²) in [5.74, 6) is 0.973. The molecule has 22 heavy (non-hydrogen) atoms. The van der Waals surface area contributed by atoms with Crippen LogP contribution in [0.15, 0.2) is 30.0 Å². The smallest absolute Gasteiger partial charge is 0.193 e. The highest BCUT2D eigenvalue weighted by Crippen LogP contribution is 2.01. The number of allylic oxidation sites excluding steroid dienone is 1. The Morgan fingerprint density at radius 1 is 1.41 bits per heavy atom. The topological polar surface area (TPSA) is 45.5 Å². The Kier molecular flexibility index (Phi) is 9.03. The third-order valence-corrected chi connectivity index (χ3v) is 3.58. The maximum atomic E-state index is 4.34. The van der Waals surface area contributed by atoms with Gasteiger partial charge in [-0.3, -0.25) is 9.67 Å². The normalized spacial score (nSPS) is 11.5. The minimum Gasteiger partial charge on any atom is -0.356 e. The third kappa shape index (κ3) is 7.29. The second kappa shape index (κ2) is 10.9. The van der Waals surface area contributed by atoms with E-state index in [9.17, 15) is 0 Å². The number of aromatic nitrogens is 2. The lowest BCUT2D eigenvalue weighted by atomic mass is 10.2. The third-order valence-electron chi connectivity index (χ3n) is 3.58. The van der Waals surface area contributed by atoms with E-state index in [4.69, 9.17) is 0 Å². The first kappa shape index (κ1) is 18.3. The van der Waals surface area contributed by atoms with Crippen LogP contribution in [0.25, 0.3) is 0 Å². The van der Waals surface area contributed by atoms with Crippen molar-refractivity contribution in [1.29, 1.82) is 0 Å². The summed E-state index contributed by atoms with van der Waals surface area (Å²) in [7, 11) is 3.94. The molecule has 0 saturated heterocycles. The summed E-state index contributed by atoms with van der Waals surface area (Å²) in [4.78, 5) is 6.54. The average Bonchev–Trinajstić information content (AvgIpc) is 2.92. The zero-order chi connectivity index (χ0) is 16.2. The molecule has 0 atom stereocenters. The molecule has 1 aromatic heterocycles. The molecular weight excluding hydrogens is 274 g/mol. The molecule has 0 aromatic carbocycles. The van der Waals surface area contributed by atoms with Crippen LogP contribution in [0.4, 0.5) is 0 Å². The number of rotatable bonds is 10. The lowest BCUT2D eigenvalue weighted by molar-refractivity contribution is 0.452. The number of unbranched alkanes of at least 4 members (excludes halogenated alkanes) is 3. The number of hydrogen-bond acceptors (Lipinski definition) is 2. The van der Waals surface area contributed by atoms with Gasteiger partial charge in [-0.05, 0) is 38.2 Å². The molecule has 0 saturated carbocycles. The van der Waals surface area contributed by atoms with E-state index < -0.39 is 0 Å². The molecule has 5 heteroatoms. The maximum absolute atomic E-state index is 4.34.